The van der Waals surface area contributed by atoms with Crippen LogP contribution in [-0.2, 0) is 10.3 Å². The molecule has 0 heterocycles. The van der Waals surface area contributed by atoms with Crippen LogP contribution >= 0.6 is 0 Å². The van der Waals surface area contributed by atoms with Gasteiger partial charge in [-0.05, 0) is 108 Å². The molecular formula is C33H38O. The third kappa shape index (κ3) is 4.64. The molecule has 0 N–H and O–H groups in total. The van der Waals surface area contributed by atoms with Crippen molar-refractivity contribution in [3.8, 4) is 11.1 Å². The first-order chi connectivity index (χ1) is 16.4. The zero-order valence-electron chi connectivity index (χ0n) is 21.2. The van der Waals surface area contributed by atoms with E-state index in [1.807, 2.05) is 0 Å². The van der Waals surface area contributed by atoms with Crippen LogP contribution < -0.4 is 0 Å². The summed E-state index contributed by atoms with van der Waals surface area (Å²) in [6, 6.07) is 28.9. The summed E-state index contributed by atoms with van der Waals surface area (Å²) >= 11 is 0. The molecule has 0 spiro atoms. The van der Waals surface area contributed by atoms with Gasteiger partial charge in [0.1, 0.15) is 0 Å². The number of rotatable bonds is 6. The van der Waals surface area contributed by atoms with E-state index in [4.69, 9.17) is 4.74 Å². The highest BCUT2D eigenvalue weighted by atomic mass is 16.5. The van der Waals surface area contributed by atoms with E-state index in [-0.39, 0.29) is 5.60 Å². The van der Waals surface area contributed by atoms with Crippen molar-refractivity contribution in [3.63, 3.8) is 0 Å². The molecule has 0 aromatic heterocycles. The number of fused-ring (bicyclic) bond motifs is 2. The predicted molar refractivity (Wildman–Crippen MR) is 146 cm³/mol. The van der Waals surface area contributed by atoms with Gasteiger partial charge < -0.3 is 4.74 Å². The highest BCUT2D eigenvalue weighted by Crippen LogP contribution is 2.38. The lowest BCUT2D eigenvalue weighted by atomic mass is 9.78. The molecule has 0 amide bonds. The van der Waals surface area contributed by atoms with Crippen LogP contribution in [0.1, 0.15) is 65.4 Å². The summed E-state index contributed by atoms with van der Waals surface area (Å²) in [5.41, 5.74) is 3.52. The monoisotopic (exact) mass is 450 g/mol. The summed E-state index contributed by atoms with van der Waals surface area (Å²) in [7, 11) is 0. The fourth-order valence-electron chi connectivity index (χ4n) is 5.86. The molecule has 0 radical (unpaired) electrons. The van der Waals surface area contributed by atoms with Gasteiger partial charge in [-0.3, -0.25) is 0 Å². The van der Waals surface area contributed by atoms with Crippen molar-refractivity contribution in [2.75, 3.05) is 0 Å². The van der Waals surface area contributed by atoms with Gasteiger partial charge in [0.25, 0.3) is 0 Å². The van der Waals surface area contributed by atoms with E-state index in [9.17, 15) is 0 Å². The summed E-state index contributed by atoms with van der Waals surface area (Å²) in [6.45, 7) is 9.22. The van der Waals surface area contributed by atoms with Crippen LogP contribution in [0.15, 0.2) is 78.9 Å². The van der Waals surface area contributed by atoms with Gasteiger partial charge in [0, 0.05) is 0 Å². The maximum atomic E-state index is 6.76. The average molecular weight is 451 g/mol. The van der Waals surface area contributed by atoms with Crippen LogP contribution in [0, 0.1) is 11.8 Å². The lowest BCUT2D eigenvalue weighted by Crippen LogP contribution is -2.32. The molecule has 1 atom stereocenters. The van der Waals surface area contributed by atoms with Gasteiger partial charge in [-0.1, -0.05) is 80.9 Å². The van der Waals surface area contributed by atoms with E-state index in [0.717, 1.165) is 11.8 Å². The maximum absolute atomic E-state index is 6.76. The third-order valence-corrected chi connectivity index (χ3v) is 8.25. The van der Waals surface area contributed by atoms with Crippen molar-refractivity contribution in [3.05, 3.63) is 84.4 Å². The van der Waals surface area contributed by atoms with Crippen molar-refractivity contribution in [2.24, 2.45) is 11.8 Å². The quantitative estimate of drug-likeness (QED) is 0.266. The maximum Gasteiger partial charge on any atom is 0.0879 e. The topological polar surface area (TPSA) is 9.23 Å². The molecular weight excluding hydrogens is 412 g/mol. The molecule has 0 bridgehead atoms. The second kappa shape index (κ2) is 9.55. The molecule has 1 unspecified atom stereocenters. The molecule has 1 heteroatoms. The number of hydrogen-bond acceptors (Lipinski definition) is 1. The van der Waals surface area contributed by atoms with Crippen LogP contribution in [0.2, 0.25) is 0 Å². The minimum Gasteiger partial charge on any atom is -0.368 e. The zero-order chi connectivity index (χ0) is 23.7. The molecule has 34 heavy (non-hydrogen) atoms. The van der Waals surface area contributed by atoms with E-state index in [0.29, 0.717) is 6.10 Å². The van der Waals surface area contributed by atoms with Gasteiger partial charge in [0.05, 0.1) is 11.7 Å². The lowest BCUT2D eigenvalue weighted by Gasteiger charge is -2.37. The highest BCUT2D eigenvalue weighted by Gasteiger charge is 2.30. The van der Waals surface area contributed by atoms with Gasteiger partial charge in [0.2, 0.25) is 0 Å². The van der Waals surface area contributed by atoms with Crippen LogP contribution in [0.25, 0.3) is 32.7 Å². The molecule has 1 fully saturated rings. The molecule has 0 aliphatic heterocycles. The van der Waals surface area contributed by atoms with E-state index in [2.05, 4.69) is 107 Å². The Bertz CT molecular complexity index is 1260. The summed E-state index contributed by atoms with van der Waals surface area (Å²) in [6.07, 6.45) is 6.66. The van der Waals surface area contributed by atoms with E-state index in [1.165, 1.54) is 70.3 Å². The van der Waals surface area contributed by atoms with Gasteiger partial charge in [0.15, 0.2) is 0 Å². The summed E-state index contributed by atoms with van der Waals surface area (Å²) < 4.78 is 6.76. The van der Waals surface area contributed by atoms with Gasteiger partial charge >= 0.3 is 0 Å². The predicted octanol–water partition coefficient (Wildman–Crippen LogP) is 9.52. The Kier molecular flexibility index (Phi) is 6.49. The third-order valence-electron chi connectivity index (χ3n) is 8.25. The number of hydrogen-bond donors (Lipinski definition) is 0. The van der Waals surface area contributed by atoms with Crippen molar-refractivity contribution in [1.82, 2.24) is 0 Å². The first kappa shape index (κ1) is 23.1. The molecule has 1 aliphatic rings. The molecule has 4 aromatic carbocycles. The normalized spacial score (nSPS) is 20.0. The Morgan fingerprint density at radius 2 is 1.56 bits per heavy atom. The molecule has 1 nitrogen and oxygen atoms in total. The lowest BCUT2D eigenvalue weighted by molar-refractivity contribution is -0.0954. The van der Waals surface area contributed by atoms with Crippen molar-refractivity contribution in [2.45, 2.75) is 71.5 Å². The van der Waals surface area contributed by atoms with Crippen LogP contribution in [0.4, 0.5) is 0 Å². The van der Waals surface area contributed by atoms with Gasteiger partial charge in [-0.25, -0.2) is 0 Å². The molecule has 1 aliphatic carbocycles. The van der Waals surface area contributed by atoms with Crippen molar-refractivity contribution < 1.29 is 4.74 Å². The summed E-state index contributed by atoms with van der Waals surface area (Å²) in [5, 5.41) is 5.16. The van der Waals surface area contributed by atoms with Crippen molar-refractivity contribution >= 4 is 21.5 Å². The standard InChI is InChI=1S/C33H38O/c1-5-23(2)24-15-18-30(19-16-24)34-33(3,4)29-17-14-26-20-27-12-9-13-31(25-10-7-6-8-11-25)32(27)22-28(26)21-29/h6-14,17,20-24,30H,5,15-16,18-19H2,1-4H3. The molecule has 176 valence electrons. The van der Waals surface area contributed by atoms with E-state index in [1.54, 1.807) is 0 Å². The largest absolute Gasteiger partial charge is 0.368 e. The van der Waals surface area contributed by atoms with Gasteiger partial charge in [-0.15, -0.1) is 0 Å². The molecule has 0 saturated heterocycles. The van der Waals surface area contributed by atoms with E-state index < -0.39 is 0 Å². The first-order valence-corrected chi connectivity index (χ1v) is 13.1. The number of ether oxygens (including phenoxy) is 1. The molecule has 1 saturated carbocycles. The zero-order valence-corrected chi connectivity index (χ0v) is 21.2. The minimum atomic E-state index is -0.296. The number of benzene rings is 4. The Morgan fingerprint density at radius 1 is 0.794 bits per heavy atom. The first-order valence-electron chi connectivity index (χ1n) is 13.1. The Hall–Kier alpha value is -2.64. The second-order valence-electron chi connectivity index (χ2n) is 10.9. The van der Waals surface area contributed by atoms with Crippen molar-refractivity contribution in [1.29, 1.82) is 0 Å². The molecule has 5 rings (SSSR count). The Labute approximate surface area is 205 Å². The SMILES string of the molecule is CCC(C)C1CCC(OC(C)(C)c2ccc3cc4cccc(-c5ccccc5)c4cc3c2)CC1. The fraction of sp³-hybridized carbons (Fsp3) is 0.394. The van der Waals surface area contributed by atoms with Crippen LogP contribution in [-0.4, -0.2) is 6.10 Å². The highest BCUT2D eigenvalue weighted by molar-refractivity contribution is 6.05. The summed E-state index contributed by atoms with van der Waals surface area (Å²) in [5.74, 6) is 1.71. The Balaban J connectivity index is 1.43. The van der Waals surface area contributed by atoms with E-state index >= 15 is 0 Å². The second-order valence-corrected chi connectivity index (χ2v) is 10.9. The molecule has 4 aromatic rings. The smallest absolute Gasteiger partial charge is 0.0879 e. The van der Waals surface area contributed by atoms with Gasteiger partial charge in [-0.2, -0.15) is 0 Å². The van der Waals surface area contributed by atoms with Crippen LogP contribution in [0.5, 0.6) is 0 Å². The average Bonchev–Trinajstić information content (AvgIpc) is 2.87. The summed E-state index contributed by atoms with van der Waals surface area (Å²) in [4.78, 5) is 0. The van der Waals surface area contributed by atoms with Crippen LogP contribution in [0.3, 0.4) is 0 Å². The fourth-order valence-corrected chi connectivity index (χ4v) is 5.86. The Morgan fingerprint density at radius 3 is 2.29 bits per heavy atom. The minimum absolute atomic E-state index is 0.296.